The van der Waals surface area contributed by atoms with Crippen LogP contribution in [-0.4, -0.2) is 44.0 Å². The van der Waals surface area contributed by atoms with E-state index in [4.69, 9.17) is 4.74 Å². The number of ether oxygens (including phenoxy) is 2. The summed E-state index contributed by atoms with van der Waals surface area (Å²) < 4.78 is 46.2. The summed E-state index contributed by atoms with van der Waals surface area (Å²) in [6.07, 6.45) is -3.60. The van der Waals surface area contributed by atoms with E-state index in [9.17, 15) is 18.3 Å². The van der Waals surface area contributed by atoms with Gasteiger partial charge in [-0.15, -0.1) is 0 Å². The quantitative estimate of drug-likeness (QED) is 0.388. The van der Waals surface area contributed by atoms with Gasteiger partial charge < -0.3 is 25.2 Å². The average molecular weight is 439 g/mol. The largest absolute Gasteiger partial charge is 0.504 e. The minimum atomic E-state index is -4.32. The zero-order chi connectivity index (χ0) is 22.7. The Kier molecular flexibility index (Phi) is 9.45. The third-order valence-corrected chi connectivity index (χ3v) is 4.27. The molecule has 0 spiro atoms. The molecule has 2 aromatic carbocycles. The number of hydrogen-bond donors (Lipinski definition) is 3. The van der Waals surface area contributed by atoms with Gasteiger partial charge in [-0.05, 0) is 42.2 Å². The number of nitrogens with one attached hydrogen (secondary N) is 2. The monoisotopic (exact) mass is 439 g/mol. The molecule has 0 radical (unpaired) electrons. The van der Waals surface area contributed by atoms with Gasteiger partial charge in [0.25, 0.3) is 0 Å². The molecule has 2 rings (SSSR count). The Bertz CT molecular complexity index is 840. The minimum absolute atomic E-state index is 0.0880. The second-order valence-electron chi connectivity index (χ2n) is 6.80. The van der Waals surface area contributed by atoms with Crippen LogP contribution in [0.1, 0.15) is 23.6 Å². The maximum Gasteiger partial charge on any atom is 0.411 e. The van der Waals surface area contributed by atoms with Crippen LogP contribution in [0.5, 0.6) is 11.5 Å². The average Bonchev–Trinajstić information content (AvgIpc) is 2.73. The molecular formula is C22H28F3N3O3. The molecule has 6 nitrogen and oxygen atoms in total. The first-order chi connectivity index (χ1) is 14.8. The highest BCUT2D eigenvalue weighted by molar-refractivity contribution is 5.79. The molecule has 3 N–H and O–H groups in total. The summed E-state index contributed by atoms with van der Waals surface area (Å²) in [4.78, 5) is 4.54. The van der Waals surface area contributed by atoms with Gasteiger partial charge >= 0.3 is 6.18 Å². The van der Waals surface area contributed by atoms with E-state index < -0.39 is 12.8 Å². The van der Waals surface area contributed by atoms with Crippen LogP contribution in [0, 0.1) is 0 Å². The Morgan fingerprint density at radius 3 is 2.35 bits per heavy atom. The molecule has 0 aliphatic rings. The molecule has 2 aromatic rings. The van der Waals surface area contributed by atoms with E-state index in [1.54, 1.807) is 24.3 Å². The molecule has 0 bridgehead atoms. The van der Waals surface area contributed by atoms with Crippen molar-refractivity contribution in [2.24, 2.45) is 4.99 Å². The van der Waals surface area contributed by atoms with Gasteiger partial charge in [-0.1, -0.05) is 30.3 Å². The van der Waals surface area contributed by atoms with Crippen LogP contribution < -0.4 is 15.4 Å². The van der Waals surface area contributed by atoms with E-state index in [2.05, 4.69) is 20.4 Å². The molecule has 0 aromatic heterocycles. The summed E-state index contributed by atoms with van der Waals surface area (Å²) >= 11 is 0. The minimum Gasteiger partial charge on any atom is -0.504 e. The number of phenols is 1. The van der Waals surface area contributed by atoms with Gasteiger partial charge in [0.15, 0.2) is 17.5 Å². The lowest BCUT2D eigenvalue weighted by atomic mass is 10.1. The number of nitrogens with zero attached hydrogens (tertiary/aromatic N) is 1. The van der Waals surface area contributed by atoms with E-state index in [1.807, 2.05) is 25.1 Å². The maximum absolute atomic E-state index is 12.1. The number of aliphatic imine (C=N–C) groups is 1. The highest BCUT2D eigenvalue weighted by Crippen LogP contribution is 2.26. The Hall–Kier alpha value is -2.94. The van der Waals surface area contributed by atoms with Crippen LogP contribution in [0.15, 0.2) is 47.5 Å². The Morgan fingerprint density at radius 1 is 1.03 bits per heavy atom. The highest BCUT2D eigenvalue weighted by Gasteiger charge is 2.27. The molecule has 0 heterocycles. The van der Waals surface area contributed by atoms with Crippen molar-refractivity contribution in [3.05, 3.63) is 59.2 Å². The Labute approximate surface area is 180 Å². The van der Waals surface area contributed by atoms with E-state index in [-0.39, 0.29) is 12.4 Å². The van der Waals surface area contributed by atoms with E-state index in [1.165, 1.54) is 7.11 Å². The van der Waals surface area contributed by atoms with Crippen molar-refractivity contribution >= 4 is 5.96 Å². The van der Waals surface area contributed by atoms with E-state index in [0.717, 1.165) is 11.1 Å². The van der Waals surface area contributed by atoms with Crippen molar-refractivity contribution in [2.45, 2.75) is 32.7 Å². The lowest BCUT2D eigenvalue weighted by Gasteiger charge is -2.12. The number of methoxy groups -OCH3 is 1. The summed E-state index contributed by atoms with van der Waals surface area (Å²) in [7, 11) is 1.51. The van der Waals surface area contributed by atoms with Gasteiger partial charge in [-0.2, -0.15) is 13.2 Å². The smallest absolute Gasteiger partial charge is 0.411 e. The number of aromatic hydroxyl groups is 1. The van der Waals surface area contributed by atoms with Crippen molar-refractivity contribution in [1.82, 2.24) is 10.6 Å². The van der Waals surface area contributed by atoms with Gasteiger partial charge in [0.05, 0.1) is 20.3 Å². The molecule has 170 valence electrons. The highest BCUT2D eigenvalue weighted by atomic mass is 19.4. The van der Waals surface area contributed by atoms with Crippen LogP contribution in [0.2, 0.25) is 0 Å². The van der Waals surface area contributed by atoms with Gasteiger partial charge in [-0.25, -0.2) is 4.99 Å². The Morgan fingerprint density at radius 2 is 1.71 bits per heavy atom. The second-order valence-corrected chi connectivity index (χ2v) is 6.80. The fraction of sp³-hybridized carbons (Fsp3) is 0.409. The number of hydrogen-bond acceptors (Lipinski definition) is 4. The van der Waals surface area contributed by atoms with Crippen LogP contribution in [0.25, 0.3) is 0 Å². The maximum atomic E-state index is 12.1. The van der Waals surface area contributed by atoms with Crippen molar-refractivity contribution in [1.29, 1.82) is 0 Å². The first-order valence-electron chi connectivity index (χ1n) is 9.91. The van der Waals surface area contributed by atoms with Crippen LogP contribution in [0.4, 0.5) is 13.2 Å². The molecule has 0 unspecified atom stereocenters. The lowest BCUT2D eigenvalue weighted by Crippen LogP contribution is -2.38. The van der Waals surface area contributed by atoms with Gasteiger partial charge in [0.1, 0.15) is 6.61 Å². The van der Waals surface area contributed by atoms with Crippen LogP contribution >= 0.6 is 0 Å². The number of phenolic OH excluding ortho intramolecular Hbond substituents is 1. The molecule has 0 aliphatic carbocycles. The molecule has 0 aliphatic heterocycles. The SMILES string of the molecule is CCNC(=NCc1ccc(COCC(F)(F)F)cc1)NCCc1ccc(O)c(OC)c1. The topological polar surface area (TPSA) is 75.1 Å². The van der Waals surface area contributed by atoms with Gasteiger partial charge in [0.2, 0.25) is 0 Å². The fourth-order valence-corrected chi connectivity index (χ4v) is 2.74. The lowest BCUT2D eigenvalue weighted by molar-refractivity contribution is -0.176. The summed E-state index contributed by atoms with van der Waals surface area (Å²) in [5, 5.41) is 16.1. The van der Waals surface area contributed by atoms with Crippen molar-refractivity contribution < 1.29 is 27.8 Å². The van der Waals surface area contributed by atoms with E-state index in [0.29, 0.717) is 43.3 Å². The first-order valence-corrected chi connectivity index (χ1v) is 9.91. The van der Waals surface area contributed by atoms with Gasteiger partial charge in [-0.3, -0.25) is 0 Å². The normalized spacial score (nSPS) is 12.0. The molecule has 9 heteroatoms. The van der Waals surface area contributed by atoms with Crippen molar-refractivity contribution in [3.63, 3.8) is 0 Å². The summed E-state index contributed by atoms with van der Waals surface area (Å²) in [5.74, 6) is 1.20. The number of rotatable bonds is 10. The number of halogens is 3. The predicted octanol–water partition coefficient (Wildman–Crippen LogP) is 3.78. The third-order valence-electron chi connectivity index (χ3n) is 4.27. The molecule has 0 amide bonds. The molecule has 0 atom stereocenters. The molecular weight excluding hydrogens is 411 g/mol. The third kappa shape index (κ3) is 9.17. The predicted molar refractivity (Wildman–Crippen MR) is 113 cm³/mol. The fourth-order valence-electron chi connectivity index (χ4n) is 2.74. The second kappa shape index (κ2) is 12.0. The number of guanidine groups is 1. The van der Waals surface area contributed by atoms with Crippen molar-refractivity contribution in [3.8, 4) is 11.5 Å². The number of benzene rings is 2. The molecule has 0 saturated heterocycles. The Balaban J connectivity index is 1.84. The molecule has 0 saturated carbocycles. The molecule has 0 fully saturated rings. The summed E-state index contributed by atoms with van der Waals surface area (Å²) in [5.41, 5.74) is 2.62. The first kappa shape index (κ1) is 24.3. The number of alkyl halides is 3. The standard InChI is InChI=1S/C22H28F3N3O3/c1-3-26-21(27-11-10-16-8-9-19(29)20(12-16)30-2)28-13-17-4-6-18(7-5-17)14-31-15-22(23,24)25/h4-9,12,29H,3,10-11,13-15H2,1-2H3,(H2,26,27,28). The summed E-state index contributed by atoms with van der Waals surface area (Å²) in [6.45, 7) is 2.39. The summed E-state index contributed by atoms with van der Waals surface area (Å²) in [6, 6.07) is 12.3. The van der Waals surface area contributed by atoms with Crippen LogP contribution in [0.3, 0.4) is 0 Å². The van der Waals surface area contributed by atoms with E-state index >= 15 is 0 Å². The molecule has 31 heavy (non-hydrogen) atoms. The zero-order valence-corrected chi connectivity index (χ0v) is 17.6. The zero-order valence-electron chi connectivity index (χ0n) is 17.6. The van der Waals surface area contributed by atoms with Crippen molar-refractivity contribution in [2.75, 3.05) is 26.8 Å². The van der Waals surface area contributed by atoms with Crippen LogP contribution in [-0.2, 0) is 24.3 Å². The van der Waals surface area contributed by atoms with Gasteiger partial charge in [0, 0.05) is 13.1 Å².